The minimum atomic E-state index is -0.429. The fraction of sp³-hybridized carbons (Fsp3) is 0.375. The third kappa shape index (κ3) is 2.14. The molecule has 3 aliphatic rings. The lowest BCUT2D eigenvalue weighted by atomic mass is 9.84. The number of hydrogen-bond donors (Lipinski definition) is 0. The van der Waals surface area contributed by atoms with E-state index in [1.165, 1.54) is 11.6 Å². The summed E-state index contributed by atoms with van der Waals surface area (Å²) in [4.78, 5) is 30.4. The molecule has 1 atom stereocenters. The summed E-state index contributed by atoms with van der Waals surface area (Å²) in [6.07, 6.45) is 3.30. The van der Waals surface area contributed by atoms with Crippen molar-refractivity contribution in [2.75, 3.05) is 0 Å². The number of cyclic esters (lactones) is 1. The number of halogens is 1. The first-order valence-electron chi connectivity index (χ1n) is 10.6. The summed E-state index contributed by atoms with van der Waals surface area (Å²) in [7, 11) is 0. The van der Waals surface area contributed by atoms with Crippen LogP contribution in [0.4, 0.5) is 4.39 Å². The Kier molecular flexibility index (Phi) is 3.56. The molecule has 0 amide bonds. The van der Waals surface area contributed by atoms with Crippen molar-refractivity contribution < 1.29 is 13.9 Å². The number of ether oxygens (including phenoxy) is 1. The molecule has 30 heavy (non-hydrogen) atoms. The van der Waals surface area contributed by atoms with Crippen molar-refractivity contribution in [3.8, 4) is 11.4 Å². The van der Waals surface area contributed by atoms with E-state index in [0.29, 0.717) is 29.6 Å². The van der Waals surface area contributed by atoms with Crippen molar-refractivity contribution in [1.29, 1.82) is 0 Å². The summed E-state index contributed by atoms with van der Waals surface area (Å²) < 4.78 is 21.6. The second kappa shape index (κ2) is 6.00. The molecule has 0 bridgehead atoms. The van der Waals surface area contributed by atoms with Crippen LogP contribution in [-0.4, -0.2) is 15.5 Å². The van der Waals surface area contributed by atoms with Crippen LogP contribution in [0.5, 0.6) is 0 Å². The molecular weight excluding hydrogens is 383 g/mol. The fourth-order valence-corrected chi connectivity index (χ4v) is 5.54. The average Bonchev–Trinajstić information content (AvgIpc) is 3.11. The highest BCUT2D eigenvalue weighted by Crippen LogP contribution is 2.42. The van der Waals surface area contributed by atoms with Gasteiger partial charge in [-0.15, -0.1) is 0 Å². The zero-order valence-electron chi connectivity index (χ0n) is 17.0. The van der Waals surface area contributed by atoms with Gasteiger partial charge in [0.1, 0.15) is 12.4 Å². The summed E-state index contributed by atoms with van der Waals surface area (Å²) >= 11 is 0. The second-order valence-corrected chi connectivity index (χ2v) is 8.55. The molecule has 4 heterocycles. The van der Waals surface area contributed by atoms with Crippen molar-refractivity contribution in [2.45, 2.75) is 58.6 Å². The first-order valence-corrected chi connectivity index (χ1v) is 10.6. The Hall–Kier alpha value is -3.02. The molecule has 0 spiro atoms. The van der Waals surface area contributed by atoms with Crippen molar-refractivity contribution >= 4 is 16.9 Å². The van der Waals surface area contributed by atoms with Crippen molar-refractivity contribution in [2.24, 2.45) is 0 Å². The van der Waals surface area contributed by atoms with E-state index in [2.05, 4.69) is 0 Å². The van der Waals surface area contributed by atoms with Gasteiger partial charge in [-0.1, -0.05) is 6.92 Å². The van der Waals surface area contributed by atoms with Crippen LogP contribution in [-0.2, 0) is 35.5 Å². The van der Waals surface area contributed by atoms with Crippen LogP contribution in [0.1, 0.15) is 59.1 Å². The van der Waals surface area contributed by atoms with Gasteiger partial charge in [-0.2, -0.15) is 0 Å². The lowest BCUT2D eigenvalue weighted by Crippen LogP contribution is -2.32. The number of rotatable bonds is 1. The Morgan fingerprint density at radius 2 is 1.97 bits per heavy atom. The van der Waals surface area contributed by atoms with Gasteiger partial charge in [0.05, 0.1) is 34.9 Å². The van der Waals surface area contributed by atoms with E-state index >= 15 is 0 Å². The topological polar surface area (TPSA) is 61.2 Å². The van der Waals surface area contributed by atoms with Crippen LogP contribution >= 0.6 is 0 Å². The Bertz CT molecular complexity index is 1360. The van der Waals surface area contributed by atoms with Gasteiger partial charge in [0.15, 0.2) is 0 Å². The van der Waals surface area contributed by atoms with Crippen molar-refractivity contribution in [3.05, 3.63) is 61.7 Å². The smallest absolute Gasteiger partial charge is 0.313 e. The molecule has 0 radical (unpaired) electrons. The van der Waals surface area contributed by atoms with Gasteiger partial charge >= 0.3 is 5.97 Å². The molecule has 2 aromatic heterocycles. The normalized spacial score (nSPS) is 18.8. The lowest BCUT2D eigenvalue weighted by Gasteiger charge is -2.24. The third-order valence-corrected chi connectivity index (χ3v) is 7.09. The van der Waals surface area contributed by atoms with E-state index in [-0.39, 0.29) is 24.0 Å². The van der Waals surface area contributed by atoms with Gasteiger partial charge in [-0.05, 0) is 60.9 Å². The number of pyridine rings is 2. The van der Waals surface area contributed by atoms with Crippen LogP contribution in [0.3, 0.4) is 0 Å². The number of aryl methyl sites for hydroxylation is 2. The number of carbonyl (C=O) groups excluding carboxylic acids is 1. The maximum Gasteiger partial charge on any atom is 0.313 e. The minimum Gasteiger partial charge on any atom is -0.460 e. The number of aromatic nitrogens is 2. The number of carbonyl (C=O) groups is 1. The van der Waals surface area contributed by atoms with Crippen LogP contribution in [0, 0.1) is 12.7 Å². The quantitative estimate of drug-likeness (QED) is 0.451. The van der Waals surface area contributed by atoms with Gasteiger partial charge in [-0.3, -0.25) is 9.59 Å². The Labute approximate surface area is 172 Å². The van der Waals surface area contributed by atoms with Gasteiger partial charge in [0.2, 0.25) is 0 Å². The summed E-state index contributed by atoms with van der Waals surface area (Å²) in [6, 6.07) is 3.46. The van der Waals surface area contributed by atoms with Crippen molar-refractivity contribution in [3.63, 3.8) is 0 Å². The highest BCUT2D eigenvalue weighted by molar-refractivity contribution is 5.92. The van der Waals surface area contributed by atoms with Crippen LogP contribution in [0.25, 0.3) is 22.3 Å². The van der Waals surface area contributed by atoms with E-state index in [4.69, 9.17) is 9.72 Å². The number of esters is 1. The molecule has 0 unspecified atom stereocenters. The van der Waals surface area contributed by atoms with Gasteiger partial charge in [-0.25, -0.2) is 9.37 Å². The second-order valence-electron chi connectivity index (χ2n) is 8.55. The molecule has 0 fully saturated rings. The monoisotopic (exact) mass is 404 g/mol. The Balaban J connectivity index is 1.67. The number of fused-ring (bicyclic) bond motifs is 5. The molecule has 0 N–H and O–H groups in total. The first-order chi connectivity index (χ1) is 14.5. The average molecular weight is 404 g/mol. The van der Waals surface area contributed by atoms with Crippen molar-refractivity contribution in [1.82, 2.24) is 9.55 Å². The van der Waals surface area contributed by atoms with E-state index in [1.807, 2.05) is 19.9 Å². The zero-order valence-corrected chi connectivity index (χ0v) is 17.0. The number of benzene rings is 1. The molecule has 2 aliphatic heterocycles. The third-order valence-electron chi connectivity index (χ3n) is 7.09. The number of hydrogen-bond acceptors (Lipinski definition) is 4. The molecule has 6 heteroatoms. The highest BCUT2D eigenvalue weighted by atomic mass is 19.1. The summed E-state index contributed by atoms with van der Waals surface area (Å²) in [5, 5.41) is 1.06. The van der Waals surface area contributed by atoms with E-state index in [9.17, 15) is 14.0 Å². The molecular formula is C24H21FN2O3. The Morgan fingerprint density at radius 3 is 2.77 bits per heavy atom. The molecule has 5 nitrogen and oxygen atoms in total. The van der Waals surface area contributed by atoms with Gasteiger partial charge in [0, 0.05) is 17.0 Å². The Morgan fingerprint density at radius 1 is 1.17 bits per heavy atom. The maximum absolute atomic E-state index is 14.6. The van der Waals surface area contributed by atoms with Crippen LogP contribution in [0.2, 0.25) is 0 Å². The predicted octanol–water partition coefficient (Wildman–Crippen LogP) is 3.91. The predicted molar refractivity (Wildman–Crippen MR) is 110 cm³/mol. The summed E-state index contributed by atoms with van der Waals surface area (Å²) in [5.41, 5.74) is 7.36. The van der Waals surface area contributed by atoms with E-state index < -0.39 is 5.92 Å². The largest absolute Gasteiger partial charge is 0.460 e. The molecule has 0 saturated heterocycles. The molecule has 152 valence electrons. The molecule has 6 rings (SSSR count). The van der Waals surface area contributed by atoms with Crippen LogP contribution < -0.4 is 5.56 Å². The summed E-state index contributed by atoms with van der Waals surface area (Å²) in [6.45, 7) is 4.25. The van der Waals surface area contributed by atoms with Gasteiger partial charge < -0.3 is 9.30 Å². The highest BCUT2D eigenvalue weighted by Gasteiger charge is 2.35. The van der Waals surface area contributed by atoms with Gasteiger partial charge in [0.25, 0.3) is 5.56 Å². The fourth-order valence-electron chi connectivity index (χ4n) is 5.54. The minimum absolute atomic E-state index is 0.0247. The molecule has 1 aliphatic carbocycles. The van der Waals surface area contributed by atoms with Crippen LogP contribution in [0.15, 0.2) is 16.9 Å². The molecule has 3 aromatic rings. The number of nitrogens with zero attached hydrogens (tertiary/aromatic N) is 2. The zero-order chi connectivity index (χ0) is 20.7. The van der Waals surface area contributed by atoms with E-state index in [1.54, 1.807) is 4.57 Å². The lowest BCUT2D eigenvalue weighted by molar-refractivity contribution is -0.148. The maximum atomic E-state index is 14.6. The first kappa shape index (κ1) is 17.8. The SMILES string of the molecule is CC[C@@H]1C(=O)OCc2c1cc1n(c2=O)Cc2c-1nc1cc(F)c(C)c3c1c2CCC3. The molecule has 0 saturated carbocycles. The summed E-state index contributed by atoms with van der Waals surface area (Å²) in [5.74, 6) is -0.939. The van der Waals surface area contributed by atoms with E-state index in [0.717, 1.165) is 52.7 Å². The standard InChI is InChI=1S/C24H21FN2O3/c1-3-12-15-7-20-22-16(9-27(20)23(28)17(15)10-30-24(12)29)14-6-4-5-13-11(2)18(25)8-19(26-22)21(13)14/h7-8,12H,3-6,9-10H2,1-2H3/t12-/m0/s1. The molecule has 1 aromatic carbocycles.